The zero-order valence-electron chi connectivity index (χ0n) is 21.1. The summed E-state index contributed by atoms with van der Waals surface area (Å²) >= 11 is 0. The minimum absolute atomic E-state index is 0.312. The molecule has 0 bridgehead atoms. The molecule has 8 heteroatoms. The van der Waals surface area contributed by atoms with Crippen LogP contribution >= 0.6 is 0 Å². The zero-order valence-corrected chi connectivity index (χ0v) is 21.1. The van der Waals surface area contributed by atoms with Crippen LogP contribution in [0.25, 0.3) is 0 Å². The third kappa shape index (κ3) is 8.13. The predicted octanol–water partition coefficient (Wildman–Crippen LogP) is 4.30. The molecule has 0 radical (unpaired) electrons. The lowest BCUT2D eigenvalue weighted by Crippen LogP contribution is -2.38. The number of amides is 1. The molecule has 1 amide bonds. The standard InChI is InChI=1S/C28H30N4O4/c1-28(2,3)36-26(33)24(17-21-12-15-23(16-13-21)35-27(34)32(4)5)31-25-22(18-29-19-30-25)14-11-20-9-7-6-8-10-20/h6-10,12-13,15-16,18-19,24H,17H2,1-5H3,(H,29,30,31)/t24-/m0/s1. The number of hydrogen-bond donors (Lipinski definition) is 1. The highest BCUT2D eigenvalue weighted by atomic mass is 16.6. The maximum absolute atomic E-state index is 13.1. The van der Waals surface area contributed by atoms with E-state index in [-0.39, 0.29) is 0 Å². The van der Waals surface area contributed by atoms with Crippen molar-refractivity contribution in [2.24, 2.45) is 0 Å². The zero-order chi connectivity index (χ0) is 26.1. The monoisotopic (exact) mass is 486 g/mol. The molecule has 0 aliphatic heterocycles. The molecule has 0 spiro atoms. The van der Waals surface area contributed by atoms with Crippen molar-refractivity contribution in [3.63, 3.8) is 0 Å². The van der Waals surface area contributed by atoms with Crippen LogP contribution in [0, 0.1) is 11.8 Å². The van der Waals surface area contributed by atoms with Gasteiger partial charge >= 0.3 is 12.1 Å². The quantitative estimate of drug-likeness (QED) is 0.410. The number of carbonyl (C=O) groups is 2. The van der Waals surface area contributed by atoms with E-state index in [2.05, 4.69) is 27.1 Å². The second-order valence-electron chi connectivity index (χ2n) is 9.24. The Morgan fingerprint density at radius 1 is 1.03 bits per heavy atom. The van der Waals surface area contributed by atoms with Crippen molar-refractivity contribution in [1.82, 2.24) is 14.9 Å². The molecular formula is C28H30N4O4. The summed E-state index contributed by atoms with van der Waals surface area (Å²) in [5, 5.41) is 3.20. The summed E-state index contributed by atoms with van der Waals surface area (Å²) in [5.74, 6) is 6.59. The highest BCUT2D eigenvalue weighted by Crippen LogP contribution is 2.19. The van der Waals surface area contributed by atoms with Gasteiger partial charge in [-0.3, -0.25) is 0 Å². The molecule has 8 nitrogen and oxygen atoms in total. The van der Waals surface area contributed by atoms with Crippen molar-refractivity contribution >= 4 is 17.9 Å². The Balaban J connectivity index is 1.83. The molecular weight excluding hydrogens is 456 g/mol. The average Bonchev–Trinajstić information content (AvgIpc) is 2.83. The lowest BCUT2D eigenvalue weighted by molar-refractivity contribution is -0.155. The Kier molecular flexibility index (Phi) is 8.63. The van der Waals surface area contributed by atoms with E-state index in [0.717, 1.165) is 11.1 Å². The number of carbonyl (C=O) groups excluding carboxylic acids is 2. The minimum Gasteiger partial charge on any atom is -0.458 e. The Hall–Kier alpha value is -4.38. The molecule has 2 aromatic carbocycles. The first-order valence-corrected chi connectivity index (χ1v) is 11.5. The number of rotatable bonds is 6. The van der Waals surface area contributed by atoms with Gasteiger partial charge in [0.25, 0.3) is 0 Å². The predicted molar refractivity (Wildman–Crippen MR) is 138 cm³/mol. The molecule has 36 heavy (non-hydrogen) atoms. The maximum atomic E-state index is 13.1. The second kappa shape index (κ2) is 11.8. The first-order chi connectivity index (χ1) is 17.1. The van der Waals surface area contributed by atoms with E-state index in [4.69, 9.17) is 9.47 Å². The van der Waals surface area contributed by atoms with Crippen LogP contribution in [-0.4, -0.2) is 52.7 Å². The first-order valence-electron chi connectivity index (χ1n) is 11.5. The van der Waals surface area contributed by atoms with Gasteiger partial charge in [-0.25, -0.2) is 19.6 Å². The SMILES string of the molecule is CN(C)C(=O)Oc1ccc(C[C@H](Nc2ncncc2C#Cc2ccccc2)C(=O)OC(C)(C)C)cc1. The van der Waals surface area contributed by atoms with Gasteiger partial charge in [0.1, 0.15) is 29.5 Å². The number of hydrogen-bond acceptors (Lipinski definition) is 7. The molecule has 1 heterocycles. The maximum Gasteiger partial charge on any atom is 0.414 e. The number of ether oxygens (including phenoxy) is 2. The molecule has 3 aromatic rings. The molecule has 1 aromatic heterocycles. The largest absolute Gasteiger partial charge is 0.458 e. The van der Waals surface area contributed by atoms with Gasteiger partial charge in [0, 0.05) is 32.3 Å². The lowest BCUT2D eigenvalue weighted by atomic mass is 10.0. The van der Waals surface area contributed by atoms with Gasteiger partial charge in [-0.2, -0.15) is 0 Å². The van der Waals surface area contributed by atoms with E-state index in [1.807, 2.05) is 51.1 Å². The fourth-order valence-electron chi connectivity index (χ4n) is 3.05. The van der Waals surface area contributed by atoms with Crippen LogP contribution in [0.2, 0.25) is 0 Å². The summed E-state index contributed by atoms with van der Waals surface area (Å²) < 4.78 is 10.9. The van der Waals surface area contributed by atoms with Crippen molar-refractivity contribution < 1.29 is 19.1 Å². The summed E-state index contributed by atoms with van der Waals surface area (Å²) in [5.41, 5.74) is 1.59. The fourth-order valence-corrected chi connectivity index (χ4v) is 3.05. The van der Waals surface area contributed by atoms with Crippen molar-refractivity contribution in [2.75, 3.05) is 19.4 Å². The number of nitrogens with zero attached hydrogens (tertiary/aromatic N) is 3. The highest BCUT2D eigenvalue weighted by molar-refractivity contribution is 5.80. The van der Waals surface area contributed by atoms with Crippen molar-refractivity contribution in [3.05, 3.63) is 83.8 Å². The molecule has 0 fully saturated rings. The summed E-state index contributed by atoms with van der Waals surface area (Å²) in [6.45, 7) is 5.45. The topological polar surface area (TPSA) is 93.6 Å². The highest BCUT2D eigenvalue weighted by Gasteiger charge is 2.26. The minimum atomic E-state index is -0.744. The van der Waals surface area contributed by atoms with Crippen LogP contribution in [-0.2, 0) is 16.0 Å². The third-order valence-electron chi connectivity index (χ3n) is 4.76. The van der Waals surface area contributed by atoms with E-state index < -0.39 is 23.7 Å². The van der Waals surface area contributed by atoms with E-state index in [9.17, 15) is 9.59 Å². The van der Waals surface area contributed by atoms with Crippen LogP contribution in [0.4, 0.5) is 10.6 Å². The van der Waals surface area contributed by atoms with Crippen LogP contribution < -0.4 is 10.1 Å². The van der Waals surface area contributed by atoms with E-state index in [0.29, 0.717) is 23.6 Å². The van der Waals surface area contributed by atoms with Gasteiger partial charge in [0.05, 0.1) is 5.56 Å². The van der Waals surface area contributed by atoms with Gasteiger partial charge in [-0.1, -0.05) is 42.2 Å². The van der Waals surface area contributed by atoms with Gasteiger partial charge in [0.2, 0.25) is 0 Å². The summed E-state index contributed by atoms with van der Waals surface area (Å²) in [4.78, 5) is 34.6. The molecule has 0 unspecified atom stereocenters. The van der Waals surface area contributed by atoms with Crippen molar-refractivity contribution in [2.45, 2.75) is 38.8 Å². The van der Waals surface area contributed by atoms with E-state index >= 15 is 0 Å². The van der Waals surface area contributed by atoms with Gasteiger partial charge in [-0.05, 0) is 50.6 Å². The fraction of sp³-hybridized carbons (Fsp3) is 0.286. The van der Waals surface area contributed by atoms with Crippen LogP contribution in [0.1, 0.15) is 37.5 Å². The second-order valence-corrected chi connectivity index (χ2v) is 9.24. The van der Waals surface area contributed by atoms with Gasteiger partial charge in [-0.15, -0.1) is 0 Å². The Bertz CT molecular complexity index is 1240. The third-order valence-corrected chi connectivity index (χ3v) is 4.76. The molecule has 1 atom stereocenters. The van der Waals surface area contributed by atoms with Crippen LogP contribution in [0.3, 0.4) is 0 Å². The molecule has 0 saturated heterocycles. The molecule has 0 aliphatic carbocycles. The van der Waals surface area contributed by atoms with Gasteiger partial charge in [0.15, 0.2) is 0 Å². The Labute approximate surface area is 211 Å². The van der Waals surface area contributed by atoms with Crippen LogP contribution in [0.5, 0.6) is 5.75 Å². The number of nitrogens with one attached hydrogen (secondary N) is 1. The Morgan fingerprint density at radius 3 is 2.36 bits per heavy atom. The number of anilines is 1. The first kappa shape index (κ1) is 26.2. The smallest absolute Gasteiger partial charge is 0.414 e. The van der Waals surface area contributed by atoms with Gasteiger partial charge < -0.3 is 19.7 Å². The molecule has 0 saturated carbocycles. The molecule has 186 valence electrons. The van der Waals surface area contributed by atoms with E-state index in [1.165, 1.54) is 11.2 Å². The Morgan fingerprint density at radius 2 is 1.72 bits per heavy atom. The van der Waals surface area contributed by atoms with E-state index in [1.54, 1.807) is 44.6 Å². The van der Waals surface area contributed by atoms with Crippen LogP contribution in [0.15, 0.2) is 67.1 Å². The number of benzene rings is 2. The summed E-state index contributed by atoms with van der Waals surface area (Å²) in [6.07, 6.45) is 2.84. The molecule has 1 N–H and O–H groups in total. The number of esters is 1. The van der Waals surface area contributed by atoms with Crippen molar-refractivity contribution in [1.29, 1.82) is 0 Å². The number of aromatic nitrogens is 2. The summed E-state index contributed by atoms with van der Waals surface area (Å²) in [7, 11) is 3.22. The normalized spacial score (nSPS) is 11.5. The molecule has 3 rings (SSSR count). The summed E-state index contributed by atoms with van der Waals surface area (Å²) in [6, 6.07) is 15.8. The average molecular weight is 487 g/mol. The van der Waals surface area contributed by atoms with Crippen molar-refractivity contribution in [3.8, 4) is 17.6 Å². The molecule has 0 aliphatic rings. The lowest BCUT2D eigenvalue weighted by Gasteiger charge is -2.25.